The van der Waals surface area contributed by atoms with Gasteiger partial charge in [0.1, 0.15) is 5.76 Å². The van der Waals surface area contributed by atoms with Gasteiger partial charge in [-0.25, -0.2) is 0 Å². The second-order valence-corrected chi connectivity index (χ2v) is 4.98. The smallest absolute Gasteiger partial charge is 0.103 e. The average molecular weight is 257 g/mol. The summed E-state index contributed by atoms with van der Waals surface area (Å²) in [6, 6.07) is 13.4. The van der Waals surface area contributed by atoms with Crippen LogP contribution in [0.25, 0.3) is 0 Å². The highest BCUT2D eigenvalue weighted by atomic mass is 16.3. The van der Waals surface area contributed by atoms with E-state index in [2.05, 4.69) is 36.5 Å². The van der Waals surface area contributed by atoms with Gasteiger partial charge >= 0.3 is 0 Å². The Balaban J connectivity index is 1.87. The molecule has 0 radical (unpaired) electrons. The molecule has 0 aliphatic rings. The van der Waals surface area contributed by atoms with E-state index < -0.39 is 0 Å². The lowest BCUT2D eigenvalue weighted by atomic mass is 10.00. The molecule has 0 fully saturated rings. The number of benzene rings is 1. The van der Waals surface area contributed by atoms with Gasteiger partial charge in [0, 0.05) is 12.5 Å². The molecule has 1 N–H and O–H groups in total. The Labute approximate surface area is 115 Å². The molecule has 1 heterocycles. The number of rotatable bonds is 7. The fourth-order valence-electron chi connectivity index (χ4n) is 2.32. The first-order valence-electron chi connectivity index (χ1n) is 7.09. The minimum Gasteiger partial charge on any atom is -0.469 e. The second-order valence-electron chi connectivity index (χ2n) is 4.98. The zero-order valence-electron chi connectivity index (χ0n) is 11.9. The van der Waals surface area contributed by atoms with Crippen LogP contribution in [0.15, 0.2) is 47.1 Å². The minimum atomic E-state index is 0.498. The molecule has 2 nitrogen and oxygen atoms in total. The van der Waals surface area contributed by atoms with E-state index >= 15 is 0 Å². The van der Waals surface area contributed by atoms with Gasteiger partial charge in [0.15, 0.2) is 0 Å². The van der Waals surface area contributed by atoms with Crippen molar-refractivity contribution >= 4 is 0 Å². The molecule has 19 heavy (non-hydrogen) atoms. The summed E-state index contributed by atoms with van der Waals surface area (Å²) >= 11 is 0. The molecule has 2 rings (SSSR count). The van der Waals surface area contributed by atoms with Crippen molar-refractivity contribution < 1.29 is 4.42 Å². The van der Waals surface area contributed by atoms with E-state index in [9.17, 15) is 0 Å². The van der Waals surface area contributed by atoms with Gasteiger partial charge in [-0.2, -0.15) is 0 Å². The molecule has 2 heteroatoms. The summed E-state index contributed by atoms with van der Waals surface area (Å²) < 4.78 is 5.38. The monoisotopic (exact) mass is 257 g/mol. The van der Waals surface area contributed by atoms with Gasteiger partial charge in [-0.15, -0.1) is 0 Å². The third-order valence-corrected chi connectivity index (χ3v) is 3.64. The summed E-state index contributed by atoms with van der Waals surface area (Å²) in [5.74, 6) is 1.07. The predicted molar refractivity (Wildman–Crippen MR) is 79.4 cm³/mol. The maximum atomic E-state index is 5.38. The molecule has 102 valence electrons. The number of nitrogens with one attached hydrogen (secondary N) is 1. The fraction of sp³-hybridized carbons (Fsp3) is 0.412. The predicted octanol–water partition coefficient (Wildman–Crippen LogP) is 3.61. The quantitative estimate of drug-likeness (QED) is 0.819. The van der Waals surface area contributed by atoms with Gasteiger partial charge in [-0.3, -0.25) is 0 Å². The number of likely N-dealkylation sites (N-methyl/N-ethyl adjacent to an activating group) is 1. The third kappa shape index (κ3) is 4.25. The minimum absolute atomic E-state index is 0.498. The van der Waals surface area contributed by atoms with Crippen molar-refractivity contribution in [2.45, 2.75) is 38.6 Å². The Morgan fingerprint density at radius 2 is 1.84 bits per heavy atom. The number of hydrogen-bond donors (Lipinski definition) is 1. The Morgan fingerprint density at radius 3 is 2.42 bits per heavy atom. The Morgan fingerprint density at radius 1 is 1.11 bits per heavy atom. The summed E-state index contributed by atoms with van der Waals surface area (Å²) in [7, 11) is 2.03. The van der Waals surface area contributed by atoms with E-state index in [-0.39, 0.29) is 0 Å². The van der Waals surface area contributed by atoms with E-state index in [0.717, 1.165) is 31.4 Å². The van der Waals surface area contributed by atoms with Crippen LogP contribution in [0.1, 0.15) is 30.2 Å². The highest BCUT2D eigenvalue weighted by Crippen LogP contribution is 2.12. The van der Waals surface area contributed by atoms with Crippen LogP contribution < -0.4 is 5.32 Å². The molecule has 0 saturated heterocycles. The van der Waals surface area contributed by atoms with Crippen LogP contribution in [0.2, 0.25) is 0 Å². The highest BCUT2D eigenvalue weighted by Gasteiger charge is 2.08. The van der Waals surface area contributed by atoms with E-state index in [1.54, 1.807) is 6.26 Å². The molecule has 0 saturated carbocycles. The standard InChI is InChI=1S/C17H23NO/c1-3-14-6-8-15(9-7-14)13-16(18-2)10-11-17-5-4-12-19-17/h4-9,12,16,18H,3,10-11,13H2,1-2H3. The van der Waals surface area contributed by atoms with Crippen LogP contribution in [0.5, 0.6) is 0 Å². The van der Waals surface area contributed by atoms with Crippen LogP contribution in [-0.4, -0.2) is 13.1 Å². The summed E-state index contributed by atoms with van der Waals surface area (Å²) in [5, 5.41) is 3.40. The average Bonchev–Trinajstić information content (AvgIpc) is 2.97. The van der Waals surface area contributed by atoms with E-state index in [1.807, 2.05) is 19.2 Å². The van der Waals surface area contributed by atoms with E-state index in [4.69, 9.17) is 4.42 Å². The fourth-order valence-corrected chi connectivity index (χ4v) is 2.32. The summed E-state index contributed by atoms with van der Waals surface area (Å²) in [5.41, 5.74) is 2.80. The largest absolute Gasteiger partial charge is 0.469 e. The number of hydrogen-bond acceptors (Lipinski definition) is 2. The summed E-state index contributed by atoms with van der Waals surface area (Å²) in [4.78, 5) is 0. The Kier molecular flexibility index (Phi) is 5.22. The number of furan rings is 1. The zero-order chi connectivity index (χ0) is 13.5. The van der Waals surface area contributed by atoms with Crippen LogP contribution in [0, 0.1) is 0 Å². The maximum absolute atomic E-state index is 5.38. The molecule has 1 aromatic carbocycles. The second kappa shape index (κ2) is 7.15. The van der Waals surface area contributed by atoms with Gasteiger partial charge in [0.05, 0.1) is 6.26 Å². The third-order valence-electron chi connectivity index (χ3n) is 3.64. The SMILES string of the molecule is CCc1ccc(CC(CCc2ccco2)NC)cc1. The molecule has 0 spiro atoms. The van der Waals surface area contributed by atoms with Crippen LogP contribution in [-0.2, 0) is 19.3 Å². The molecule has 0 aliphatic heterocycles. The molecular weight excluding hydrogens is 234 g/mol. The van der Waals surface area contributed by atoms with Crippen LogP contribution >= 0.6 is 0 Å². The normalized spacial score (nSPS) is 12.5. The van der Waals surface area contributed by atoms with Gasteiger partial charge in [0.25, 0.3) is 0 Å². The first kappa shape index (κ1) is 13.9. The highest BCUT2D eigenvalue weighted by molar-refractivity contribution is 5.23. The van der Waals surface area contributed by atoms with Gasteiger partial charge < -0.3 is 9.73 Å². The lowest BCUT2D eigenvalue weighted by Crippen LogP contribution is -2.28. The topological polar surface area (TPSA) is 25.2 Å². The van der Waals surface area contributed by atoms with Crippen LogP contribution in [0.4, 0.5) is 0 Å². The molecule has 0 aliphatic carbocycles. The first-order chi connectivity index (χ1) is 9.31. The van der Waals surface area contributed by atoms with Crippen LogP contribution in [0.3, 0.4) is 0 Å². The van der Waals surface area contributed by atoms with Gasteiger partial charge in [-0.1, -0.05) is 31.2 Å². The molecule has 0 amide bonds. The summed E-state index contributed by atoms with van der Waals surface area (Å²) in [6.07, 6.45) is 6.01. The molecule has 1 atom stereocenters. The molecular formula is C17H23NO. The van der Waals surface area contributed by atoms with E-state index in [0.29, 0.717) is 6.04 Å². The van der Waals surface area contributed by atoms with Crippen molar-refractivity contribution in [1.82, 2.24) is 5.32 Å². The first-order valence-corrected chi connectivity index (χ1v) is 7.09. The van der Waals surface area contributed by atoms with Crippen molar-refractivity contribution in [2.75, 3.05) is 7.05 Å². The number of aryl methyl sites for hydroxylation is 2. The lowest BCUT2D eigenvalue weighted by molar-refractivity contribution is 0.460. The van der Waals surface area contributed by atoms with Crippen molar-refractivity contribution in [1.29, 1.82) is 0 Å². The van der Waals surface area contributed by atoms with Gasteiger partial charge in [-0.05, 0) is 49.6 Å². The van der Waals surface area contributed by atoms with Crippen molar-refractivity contribution in [3.63, 3.8) is 0 Å². The van der Waals surface area contributed by atoms with Crippen molar-refractivity contribution in [3.05, 3.63) is 59.5 Å². The zero-order valence-corrected chi connectivity index (χ0v) is 11.9. The summed E-state index contributed by atoms with van der Waals surface area (Å²) in [6.45, 7) is 2.19. The molecule has 2 aromatic rings. The van der Waals surface area contributed by atoms with Gasteiger partial charge in [0.2, 0.25) is 0 Å². The maximum Gasteiger partial charge on any atom is 0.103 e. The van der Waals surface area contributed by atoms with Crippen molar-refractivity contribution in [2.24, 2.45) is 0 Å². The molecule has 1 unspecified atom stereocenters. The molecule has 0 bridgehead atoms. The van der Waals surface area contributed by atoms with E-state index in [1.165, 1.54) is 11.1 Å². The molecule has 1 aromatic heterocycles. The van der Waals surface area contributed by atoms with Crippen molar-refractivity contribution in [3.8, 4) is 0 Å². The lowest BCUT2D eigenvalue weighted by Gasteiger charge is -2.15. The Bertz CT molecular complexity index is 459. The Hall–Kier alpha value is -1.54.